The van der Waals surface area contributed by atoms with Crippen LogP contribution in [0.25, 0.3) is 17.4 Å². The molecule has 0 bridgehead atoms. The van der Waals surface area contributed by atoms with E-state index in [-0.39, 0.29) is 5.57 Å². The molecule has 1 N–H and O–H groups in total. The van der Waals surface area contributed by atoms with Crippen LogP contribution >= 0.6 is 31.9 Å². The zero-order valence-corrected chi connectivity index (χ0v) is 20.4. The van der Waals surface area contributed by atoms with Crippen molar-refractivity contribution in [3.63, 3.8) is 0 Å². The number of nitrogens with one attached hydrogen (secondary N) is 1. The van der Waals surface area contributed by atoms with Crippen LogP contribution in [0.1, 0.15) is 28.6 Å². The van der Waals surface area contributed by atoms with Gasteiger partial charge in [-0.15, -0.1) is 0 Å². The zero-order valence-electron chi connectivity index (χ0n) is 17.2. The van der Waals surface area contributed by atoms with Crippen LogP contribution in [0.15, 0.2) is 67.5 Å². The van der Waals surface area contributed by atoms with E-state index in [1.54, 1.807) is 43.3 Å². The molecule has 1 heterocycles. The number of hydrogen-bond acceptors (Lipinski definition) is 5. The van der Waals surface area contributed by atoms with Crippen molar-refractivity contribution in [2.45, 2.75) is 13.8 Å². The lowest BCUT2D eigenvalue weighted by Crippen LogP contribution is -2.14. The number of esters is 1. The van der Waals surface area contributed by atoms with Crippen LogP contribution in [-0.4, -0.2) is 18.5 Å². The average Bonchev–Trinajstić information content (AvgIpc) is 3.23. The summed E-state index contributed by atoms with van der Waals surface area (Å²) in [7, 11) is 0. The third-order valence-electron chi connectivity index (χ3n) is 4.38. The van der Waals surface area contributed by atoms with Crippen LogP contribution in [0.2, 0.25) is 0 Å². The number of hydrogen-bond donors (Lipinski definition) is 1. The fourth-order valence-electron chi connectivity index (χ4n) is 2.86. The maximum absolute atomic E-state index is 12.6. The van der Waals surface area contributed by atoms with Crippen LogP contribution < -0.4 is 5.32 Å². The highest BCUT2D eigenvalue weighted by Gasteiger charge is 2.15. The molecular formula is C24H18Br2N2O4. The first-order valence-electron chi connectivity index (χ1n) is 9.58. The van der Waals surface area contributed by atoms with Crippen molar-refractivity contribution in [1.29, 1.82) is 5.26 Å². The summed E-state index contributed by atoms with van der Waals surface area (Å²) < 4.78 is 12.1. The fraction of sp³-hybridized carbons (Fsp3) is 0.125. The van der Waals surface area contributed by atoms with Gasteiger partial charge in [0, 0.05) is 20.6 Å². The summed E-state index contributed by atoms with van der Waals surface area (Å²) >= 11 is 6.84. The topological polar surface area (TPSA) is 92.3 Å². The van der Waals surface area contributed by atoms with Crippen molar-refractivity contribution in [2.24, 2.45) is 0 Å². The molecule has 0 spiro atoms. The minimum absolute atomic E-state index is 0.108. The van der Waals surface area contributed by atoms with E-state index < -0.39 is 11.9 Å². The first kappa shape index (κ1) is 23.5. The van der Waals surface area contributed by atoms with Gasteiger partial charge >= 0.3 is 5.97 Å². The fourth-order valence-corrected chi connectivity index (χ4v) is 4.48. The van der Waals surface area contributed by atoms with Gasteiger partial charge in [-0.1, -0.05) is 12.1 Å². The second-order valence-electron chi connectivity index (χ2n) is 6.73. The maximum atomic E-state index is 12.6. The van der Waals surface area contributed by atoms with Gasteiger partial charge in [-0.2, -0.15) is 5.26 Å². The number of ether oxygens (including phenoxy) is 1. The molecule has 2 aromatic carbocycles. The Balaban J connectivity index is 1.79. The predicted molar refractivity (Wildman–Crippen MR) is 129 cm³/mol. The number of aryl methyl sites for hydroxylation is 1. The van der Waals surface area contributed by atoms with E-state index in [0.717, 1.165) is 11.1 Å². The summed E-state index contributed by atoms with van der Waals surface area (Å²) in [6, 6.07) is 15.8. The van der Waals surface area contributed by atoms with Crippen molar-refractivity contribution >= 4 is 55.5 Å². The molecule has 0 saturated heterocycles. The molecule has 32 heavy (non-hydrogen) atoms. The third-order valence-corrected chi connectivity index (χ3v) is 5.63. The predicted octanol–water partition coefficient (Wildman–Crippen LogP) is 6.50. The number of furan rings is 1. The summed E-state index contributed by atoms with van der Waals surface area (Å²) in [6.45, 7) is 3.99. The Morgan fingerprint density at radius 3 is 2.38 bits per heavy atom. The second kappa shape index (κ2) is 10.4. The Kier molecular flexibility index (Phi) is 7.67. The monoisotopic (exact) mass is 556 g/mol. The zero-order chi connectivity index (χ0) is 23.3. The Labute approximate surface area is 202 Å². The Bertz CT molecular complexity index is 1210. The van der Waals surface area contributed by atoms with Crippen LogP contribution in [-0.2, 0) is 9.53 Å². The molecular weight excluding hydrogens is 540 g/mol. The number of nitrogens with zero attached hydrogens (tertiary/aromatic N) is 1. The molecule has 0 unspecified atom stereocenters. The molecule has 3 rings (SSSR count). The molecule has 3 aromatic rings. The van der Waals surface area contributed by atoms with E-state index in [0.29, 0.717) is 38.3 Å². The van der Waals surface area contributed by atoms with Crippen LogP contribution in [0, 0.1) is 18.3 Å². The largest absolute Gasteiger partial charge is 0.462 e. The molecule has 0 saturated carbocycles. The van der Waals surface area contributed by atoms with Crippen molar-refractivity contribution in [3.8, 4) is 17.4 Å². The first-order chi connectivity index (χ1) is 15.3. The van der Waals surface area contributed by atoms with Gasteiger partial charge in [-0.05, 0) is 87.7 Å². The Hall–Kier alpha value is -3.15. The lowest BCUT2D eigenvalue weighted by Gasteiger charge is -2.10. The number of benzene rings is 2. The van der Waals surface area contributed by atoms with E-state index in [4.69, 9.17) is 9.15 Å². The summed E-state index contributed by atoms with van der Waals surface area (Å²) in [5.74, 6) is -0.0651. The highest BCUT2D eigenvalue weighted by molar-refractivity contribution is 9.11. The van der Waals surface area contributed by atoms with Crippen LogP contribution in [0.5, 0.6) is 0 Å². The molecule has 0 aliphatic carbocycles. The number of nitriles is 1. The molecule has 0 aliphatic rings. The smallest absolute Gasteiger partial charge is 0.338 e. The minimum Gasteiger partial charge on any atom is -0.462 e. The number of halogens is 2. The summed E-state index contributed by atoms with van der Waals surface area (Å²) in [4.78, 5) is 24.4. The van der Waals surface area contributed by atoms with Gasteiger partial charge in [0.15, 0.2) is 0 Å². The van der Waals surface area contributed by atoms with Gasteiger partial charge < -0.3 is 14.5 Å². The number of rotatable bonds is 6. The number of carbonyl (C=O) groups excluding carboxylic acids is 2. The molecule has 0 radical (unpaired) electrons. The van der Waals surface area contributed by atoms with Gasteiger partial charge in [0.05, 0.1) is 17.9 Å². The number of anilines is 1. The summed E-state index contributed by atoms with van der Waals surface area (Å²) in [6.07, 6.45) is 1.38. The standard InChI is InChI=1S/C24H18Br2N2O4/c1-3-31-24(30)16-6-4-15(5-7-16)21-9-8-18(32-21)12-17(13-27)23(29)28-22-19(25)10-14(2)11-20(22)26/h4-12H,3H2,1-2H3,(H,28,29)/b17-12+. The normalized spacial score (nSPS) is 11.0. The summed E-state index contributed by atoms with van der Waals surface area (Å²) in [5, 5.41) is 12.2. The number of carbonyl (C=O) groups is 2. The number of amides is 1. The second-order valence-corrected chi connectivity index (χ2v) is 8.44. The van der Waals surface area contributed by atoms with E-state index in [1.165, 1.54) is 6.08 Å². The highest BCUT2D eigenvalue weighted by Crippen LogP contribution is 2.33. The van der Waals surface area contributed by atoms with E-state index in [2.05, 4.69) is 37.2 Å². The van der Waals surface area contributed by atoms with E-state index in [9.17, 15) is 14.9 Å². The van der Waals surface area contributed by atoms with E-state index in [1.807, 2.05) is 25.1 Å². The molecule has 0 atom stereocenters. The van der Waals surface area contributed by atoms with Crippen LogP contribution in [0.3, 0.4) is 0 Å². The van der Waals surface area contributed by atoms with Crippen molar-refractivity contribution < 1.29 is 18.7 Å². The quantitative estimate of drug-likeness (QED) is 0.212. The van der Waals surface area contributed by atoms with Gasteiger partial charge in [-0.25, -0.2) is 4.79 Å². The highest BCUT2D eigenvalue weighted by atomic mass is 79.9. The SMILES string of the molecule is CCOC(=O)c1ccc(-c2ccc(/C=C(\C#N)C(=O)Nc3c(Br)cc(C)cc3Br)o2)cc1. The molecule has 0 aliphatic heterocycles. The van der Waals surface area contributed by atoms with Crippen LogP contribution in [0.4, 0.5) is 5.69 Å². The molecule has 6 nitrogen and oxygen atoms in total. The molecule has 8 heteroatoms. The maximum Gasteiger partial charge on any atom is 0.338 e. The van der Waals surface area contributed by atoms with Crippen molar-refractivity contribution in [2.75, 3.05) is 11.9 Å². The third kappa shape index (κ3) is 5.55. The van der Waals surface area contributed by atoms with E-state index >= 15 is 0 Å². The van der Waals surface area contributed by atoms with Gasteiger partial charge in [0.2, 0.25) is 0 Å². The summed E-state index contributed by atoms with van der Waals surface area (Å²) in [5.41, 5.74) is 2.62. The molecule has 1 amide bonds. The first-order valence-corrected chi connectivity index (χ1v) is 11.2. The van der Waals surface area contributed by atoms with Gasteiger partial charge in [0.1, 0.15) is 23.2 Å². The van der Waals surface area contributed by atoms with Gasteiger partial charge in [0.25, 0.3) is 5.91 Å². The molecule has 1 aromatic heterocycles. The lowest BCUT2D eigenvalue weighted by atomic mass is 10.1. The molecule has 0 fully saturated rings. The Morgan fingerprint density at radius 2 is 1.78 bits per heavy atom. The van der Waals surface area contributed by atoms with Gasteiger partial charge in [-0.3, -0.25) is 4.79 Å². The average molecular weight is 558 g/mol. The molecule has 162 valence electrons. The van der Waals surface area contributed by atoms with Crippen molar-refractivity contribution in [1.82, 2.24) is 0 Å². The minimum atomic E-state index is -0.561. The Morgan fingerprint density at radius 1 is 1.12 bits per heavy atom. The van der Waals surface area contributed by atoms with Crippen molar-refractivity contribution in [3.05, 3.63) is 79.9 Å². The lowest BCUT2D eigenvalue weighted by molar-refractivity contribution is -0.112.